The molecule has 2 aliphatic rings. The van der Waals surface area contributed by atoms with Crippen LogP contribution in [0.1, 0.15) is 18.4 Å². The number of benzene rings is 1. The Morgan fingerprint density at radius 3 is 2.54 bits per heavy atom. The van der Waals surface area contributed by atoms with Crippen molar-refractivity contribution in [1.82, 2.24) is 9.21 Å². The molecule has 0 amide bonds. The largest absolute Gasteiger partial charge is 0.468 e. The average molecular weight is 352 g/mol. The molecule has 2 atom stereocenters. The van der Waals surface area contributed by atoms with E-state index >= 15 is 0 Å². The SMILES string of the molecule is COC(=O)[C@H](Cc1ccccc1)N1CC(N2CCCC2)CS1(=O)=O. The Balaban J connectivity index is 1.82. The maximum Gasteiger partial charge on any atom is 0.324 e. The van der Waals surface area contributed by atoms with Crippen molar-refractivity contribution in [3.05, 3.63) is 35.9 Å². The third kappa shape index (κ3) is 3.63. The highest BCUT2D eigenvalue weighted by Crippen LogP contribution is 2.26. The van der Waals surface area contributed by atoms with E-state index < -0.39 is 22.0 Å². The molecular formula is C17H24N2O4S. The van der Waals surface area contributed by atoms with Crippen molar-refractivity contribution < 1.29 is 17.9 Å². The highest BCUT2D eigenvalue weighted by atomic mass is 32.2. The lowest BCUT2D eigenvalue weighted by atomic mass is 10.1. The summed E-state index contributed by atoms with van der Waals surface area (Å²) < 4.78 is 31.6. The van der Waals surface area contributed by atoms with Gasteiger partial charge in [0, 0.05) is 12.6 Å². The quantitative estimate of drug-likeness (QED) is 0.736. The van der Waals surface area contributed by atoms with Crippen LogP contribution in [0.4, 0.5) is 0 Å². The molecule has 24 heavy (non-hydrogen) atoms. The highest BCUT2D eigenvalue weighted by molar-refractivity contribution is 7.89. The molecule has 132 valence electrons. The summed E-state index contributed by atoms with van der Waals surface area (Å²) in [6, 6.07) is 8.64. The zero-order valence-electron chi connectivity index (χ0n) is 13.9. The number of nitrogens with zero attached hydrogens (tertiary/aromatic N) is 2. The van der Waals surface area contributed by atoms with Crippen LogP contribution in [0.25, 0.3) is 0 Å². The first kappa shape index (κ1) is 17.4. The van der Waals surface area contributed by atoms with Gasteiger partial charge < -0.3 is 4.74 Å². The molecule has 0 bridgehead atoms. The molecule has 1 aromatic carbocycles. The molecular weight excluding hydrogens is 328 g/mol. The Hall–Kier alpha value is -1.44. The van der Waals surface area contributed by atoms with Gasteiger partial charge in [-0.25, -0.2) is 8.42 Å². The monoisotopic (exact) mass is 352 g/mol. The smallest absolute Gasteiger partial charge is 0.324 e. The van der Waals surface area contributed by atoms with Crippen LogP contribution in [0.15, 0.2) is 30.3 Å². The first-order valence-electron chi connectivity index (χ1n) is 8.36. The Bertz CT molecular complexity index is 671. The fourth-order valence-electron chi connectivity index (χ4n) is 3.64. The molecule has 0 N–H and O–H groups in total. The summed E-state index contributed by atoms with van der Waals surface area (Å²) in [5.74, 6) is -0.403. The van der Waals surface area contributed by atoms with Crippen LogP contribution in [0.2, 0.25) is 0 Å². The normalized spacial score (nSPS) is 25.6. The molecule has 2 saturated heterocycles. The molecule has 0 spiro atoms. The van der Waals surface area contributed by atoms with Gasteiger partial charge in [-0.2, -0.15) is 4.31 Å². The average Bonchev–Trinajstić information content (AvgIpc) is 3.20. The van der Waals surface area contributed by atoms with E-state index in [2.05, 4.69) is 4.90 Å². The number of rotatable bonds is 5. The maximum absolute atomic E-state index is 12.7. The number of ether oxygens (including phenoxy) is 1. The van der Waals surface area contributed by atoms with Crippen molar-refractivity contribution in [2.45, 2.75) is 31.3 Å². The Morgan fingerprint density at radius 2 is 1.92 bits per heavy atom. The zero-order valence-corrected chi connectivity index (χ0v) is 14.7. The van der Waals surface area contributed by atoms with E-state index in [4.69, 9.17) is 4.74 Å². The number of likely N-dealkylation sites (tertiary alicyclic amines) is 1. The standard InChI is InChI=1S/C17H24N2O4S/c1-23-17(20)16(11-14-7-3-2-4-8-14)19-12-15(13-24(19,21)22)18-9-5-6-10-18/h2-4,7-8,15-16H,5-6,9-13H2,1H3/t15?,16-/m0/s1. The summed E-state index contributed by atoms with van der Waals surface area (Å²) in [6.07, 6.45) is 2.56. The number of esters is 1. The van der Waals surface area contributed by atoms with Gasteiger partial charge >= 0.3 is 5.97 Å². The van der Waals surface area contributed by atoms with Crippen LogP contribution in [0.5, 0.6) is 0 Å². The lowest BCUT2D eigenvalue weighted by molar-refractivity contribution is -0.145. The van der Waals surface area contributed by atoms with Gasteiger partial charge in [-0.05, 0) is 37.9 Å². The van der Waals surface area contributed by atoms with Gasteiger partial charge in [-0.3, -0.25) is 9.69 Å². The van der Waals surface area contributed by atoms with Crippen LogP contribution < -0.4 is 0 Å². The van der Waals surface area contributed by atoms with E-state index in [-0.39, 0.29) is 11.8 Å². The summed E-state index contributed by atoms with van der Waals surface area (Å²) in [6.45, 7) is 2.25. The third-order valence-electron chi connectivity index (χ3n) is 4.90. The number of methoxy groups -OCH3 is 1. The van der Waals surface area contributed by atoms with Gasteiger partial charge in [-0.1, -0.05) is 30.3 Å². The molecule has 0 aliphatic carbocycles. The molecule has 0 aromatic heterocycles. The van der Waals surface area contributed by atoms with Crippen molar-refractivity contribution in [2.75, 3.05) is 32.5 Å². The van der Waals surface area contributed by atoms with Crippen molar-refractivity contribution in [3.63, 3.8) is 0 Å². The summed E-state index contributed by atoms with van der Waals surface area (Å²) in [7, 11) is -2.15. The van der Waals surface area contributed by atoms with Crippen molar-refractivity contribution in [1.29, 1.82) is 0 Å². The van der Waals surface area contributed by atoms with Gasteiger partial charge in [0.15, 0.2) is 0 Å². The summed E-state index contributed by atoms with van der Waals surface area (Å²) in [4.78, 5) is 14.5. The Kier molecular flexibility index (Phi) is 5.22. The van der Waals surface area contributed by atoms with E-state index in [1.807, 2.05) is 30.3 Å². The molecule has 1 unspecified atom stereocenters. The van der Waals surface area contributed by atoms with E-state index in [1.165, 1.54) is 11.4 Å². The van der Waals surface area contributed by atoms with Crippen LogP contribution in [-0.2, 0) is 26.0 Å². The first-order chi connectivity index (χ1) is 11.5. The molecule has 2 heterocycles. The van der Waals surface area contributed by atoms with E-state index in [1.54, 1.807) is 0 Å². The first-order valence-corrected chi connectivity index (χ1v) is 9.97. The third-order valence-corrected chi connectivity index (χ3v) is 6.82. The summed E-state index contributed by atoms with van der Waals surface area (Å²) >= 11 is 0. The molecule has 1 aromatic rings. The number of carbonyl (C=O) groups is 1. The predicted molar refractivity (Wildman–Crippen MR) is 91.0 cm³/mol. The summed E-state index contributed by atoms with van der Waals surface area (Å²) in [5.41, 5.74) is 0.924. The van der Waals surface area contributed by atoms with Gasteiger partial charge in [0.1, 0.15) is 6.04 Å². The van der Waals surface area contributed by atoms with E-state index in [9.17, 15) is 13.2 Å². The van der Waals surface area contributed by atoms with Crippen LogP contribution in [0, 0.1) is 0 Å². The second-order valence-electron chi connectivity index (χ2n) is 6.47. The Morgan fingerprint density at radius 1 is 1.25 bits per heavy atom. The second kappa shape index (κ2) is 7.21. The fourth-order valence-corrected chi connectivity index (χ4v) is 5.58. The number of hydrogen-bond acceptors (Lipinski definition) is 5. The van der Waals surface area contributed by atoms with Crippen molar-refractivity contribution in [2.24, 2.45) is 0 Å². The predicted octanol–water partition coefficient (Wildman–Crippen LogP) is 0.881. The molecule has 3 rings (SSSR count). The Labute approximate surface area is 143 Å². The highest BCUT2D eigenvalue weighted by Gasteiger charge is 2.45. The van der Waals surface area contributed by atoms with E-state index in [0.29, 0.717) is 13.0 Å². The van der Waals surface area contributed by atoms with Crippen LogP contribution in [0.3, 0.4) is 0 Å². The lowest BCUT2D eigenvalue weighted by Crippen LogP contribution is -2.45. The lowest BCUT2D eigenvalue weighted by Gasteiger charge is -2.26. The minimum Gasteiger partial charge on any atom is -0.468 e. The van der Waals surface area contributed by atoms with Crippen LogP contribution >= 0.6 is 0 Å². The summed E-state index contributed by atoms with van der Waals surface area (Å²) in [5, 5.41) is 0. The molecule has 2 fully saturated rings. The minimum atomic E-state index is -3.46. The van der Waals surface area contributed by atoms with Crippen LogP contribution in [-0.4, -0.2) is 68.2 Å². The van der Waals surface area contributed by atoms with Gasteiger partial charge in [0.05, 0.1) is 12.9 Å². The molecule has 6 nitrogen and oxygen atoms in total. The van der Waals surface area contributed by atoms with Gasteiger partial charge in [-0.15, -0.1) is 0 Å². The molecule has 0 saturated carbocycles. The number of carbonyl (C=O) groups excluding carboxylic acids is 1. The zero-order chi connectivity index (χ0) is 17.2. The minimum absolute atomic E-state index is 0.0274. The molecule has 0 radical (unpaired) electrons. The van der Waals surface area contributed by atoms with E-state index in [0.717, 1.165) is 31.5 Å². The van der Waals surface area contributed by atoms with Gasteiger partial charge in [0.25, 0.3) is 0 Å². The molecule has 2 aliphatic heterocycles. The maximum atomic E-state index is 12.7. The topological polar surface area (TPSA) is 66.9 Å². The second-order valence-corrected chi connectivity index (χ2v) is 8.44. The van der Waals surface area contributed by atoms with Crippen molar-refractivity contribution in [3.8, 4) is 0 Å². The van der Waals surface area contributed by atoms with Gasteiger partial charge in [0.2, 0.25) is 10.0 Å². The number of hydrogen-bond donors (Lipinski definition) is 0. The van der Waals surface area contributed by atoms with Crippen molar-refractivity contribution >= 4 is 16.0 Å². The molecule has 7 heteroatoms. The number of sulfonamides is 1. The fraction of sp³-hybridized carbons (Fsp3) is 0.588.